The summed E-state index contributed by atoms with van der Waals surface area (Å²) in [5.74, 6) is -2.04. The normalized spacial score (nSPS) is 12.0. The van der Waals surface area contributed by atoms with E-state index < -0.39 is 21.6 Å². The van der Waals surface area contributed by atoms with Crippen LogP contribution in [0.5, 0.6) is 0 Å². The summed E-state index contributed by atoms with van der Waals surface area (Å²) in [5, 5.41) is 2.75. The molecule has 0 aromatic heterocycles. The van der Waals surface area contributed by atoms with Gasteiger partial charge in [-0.05, 0) is 11.1 Å². The number of halogens is 1. The van der Waals surface area contributed by atoms with Crippen molar-refractivity contribution in [2.45, 2.75) is 19.2 Å². The van der Waals surface area contributed by atoms with Crippen molar-refractivity contribution in [3.8, 4) is 0 Å². The second kappa shape index (κ2) is 10.3. The molecule has 136 valence electrons. The fourth-order valence-electron chi connectivity index (χ4n) is 1.77. The zero-order valence-electron chi connectivity index (χ0n) is 13.7. The smallest absolute Gasteiger partial charge is 0.320 e. The van der Waals surface area contributed by atoms with Gasteiger partial charge >= 0.3 is 5.97 Å². The Balaban J connectivity index is 0.00000529. The fourth-order valence-corrected chi connectivity index (χ4v) is 3.05. The van der Waals surface area contributed by atoms with Gasteiger partial charge in [0.05, 0.1) is 12.9 Å². The summed E-state index contributed by atoms with van der Waals surface area (Å²) in [7, 11) is -2.41. The number of amides is 1. The molecule has 0 aliphatic rings. The minimum atomic E-state index is -3.56. The molecule has 0 spiro atoms. The van der Waals surface area contributed by atoms with Gasteiger partial charge in [-0.25, -0.2) is 8.42 Å². The fraction of sp³-hybridized carbons (Fsp3) is 0.467. The molecule has 0 saturated heterocycles. The van der Waals surface area contributed by atoms with E-state index in [-0.39, 0.29) is 36.5 Å². The van der Waals surface area contributed by atoms with Gasteiger partial charge in [0.25, 0.3) is 0 Å². The van der Waals surface area contributed by atoms with E-state index in [9.17, 15) is 18.0 Å². The maximum Gasteiger partial charge on any atom is 0.320 e. The summed E-state index contributed by atoms with van der Waals surface area (Å²) >= 11 is 0. The Morgan fingerprint density at radius 1 is 1.21 bits per heavy atom. The van der Waals surface area contributed by atoms with Gasteiger partial charge in [0.15, 0.2) is 9.84 Å². The monoisotopic (exact) mass is 378 g/mol. The van der Waals surface area contributed by atoms with Crippen molar-refractivity contribution < 1.29 is 22.7 Å². The lowest BCUT2D eigenvalue weighted by Crippen LogP contribution is -2.32. The number of hydrogen-bond acceptors (Lipinski definition) is 6. The van der Waals surface area contributed by atoms with Gasteiger partial charge in [-0.2, -0.15) is 0 Å². The predicted octanol–water partition coefficient (Wildman–Crippen LogP) is 0.407. The number of rotatable bonds is 8. The first-order valence-electron chi connectivity index (χ1n) is 7.10. The molecule has 0 heterocycles. The molecule has 1 aromatic carbocycles. The summed E-state index contributed by atoms with van der Waals surface area (Å²) < 4.78 is 28.0. The number of hydrogen-bond donors (Lipinski definition) is 2. The van der Waals surface area contributed by atoms with Crippen molar-refractivity contribution in [1.82, 2.24) is 5.32 Å². The first-order valence-corrected chi connectivity index (χ1v) is 8.92. The molecule has 1 rings (SSSR count). The van der Waals surface area contributed by atoms with Crippen LogP contribution in [0.2, 0.25) is 0 Å². The number of nitrogens with two attached hydrogens (primary N) is 1. The molecule has 0 aliphatic heterocycles. The summed E-state index contributed by atoms with van der Waals surface area (Å²) in [6.07, 6.45) is 0. The number of ether oxygens (including phenoxy) is 1. The Morgan fingerprint density at radius 2 is 1.75 bits per heavy atom. The highest BCUT2D eigenvalue weighted by atomic mass is 35.5. The van der Waals surface area contributed by atoms with Gasteiger partial charge in [-0.3, -0.25) is 9.59 Å². The Kier molecular flexibility index (Phi) is 9.57. The standard InChI is InChI=1S/C15H22N2O5S.ClH/c1-11(7-16)15(19)17-8-12-3-5-13(6-4-12)9-23(20,21)10-14(18)22-2;/h3-6,11H,7-10,16H2,1-2H3,(H,17,19);1H. The van der Waals surface area contributed by atoms with Crippen LogP contribution < -0.4 is 11.1 Å². The lowest BCUT2D eigenvalue weighted by molar-refractivity contribution is -0.137. The van der Waals surface area contributed by atoms with Gasteiger partial charge in [0.1, 0.15) is 5.75 Å². The SMILES string of the molecule is COC(=O)CS(=O)(=O)Cc1ccc(CNC(=O)C(C)CN)cc1.Cl. The number of carbonyl (C=O) groups excluding carboxylic acids is 2. The molecule has 7 nitrogen and oxygen atoms in total. The van der Waals surface area contributed by atoms with Crippen molar-refractivity contribution in [3.63, 3.8) is 0 Å². The molecule has 0 bridgehead atoms. The highest BCUT2D eigenvalue weighted by Crippen LogP contribution is 2.09. The second-order valence-electron chi connectivity index (χ2n) is 5.28. The van der Waals surface area contributed by atoms with E-state index >= 15 is 0 Å². The molecule has 9 heteroatoms. The lowest BCUT2D eigenvalue weighted by Gasteiger charge is -2.10. The highest BCUT2D eigenvalue weighted by molar-refractivity contribution is 7.91. The van der Waals surface area contributed by atoms with Crippen LogP contribution in [-0.4, -0.2) is 39.7 Å². The maximum atomic E-state index is 11.8. The van der Waals surface area contributed by atoms with Crippen molar-refractivity contribution in [2.24, 2.45) is 11.7 Å². The van der Waals surface area contributed by atoms with Crippen molar-refractivity contribution in [3.05, 3.63) is 35.4 Å². The molecule has 0 fully saturated rings. The molecule has 1 unspecified atom stereocenters. The van der Waals surface area contributed by atoms with Crippen LogP contribution in [0.25, 0.3) is 0 Å². The Labute approximate surface area is 148 Å². The van der Waals surface area contributed by atoms with Crippen LogP contribution in [0, 0.1) is 5.92 Å². The van der Waals surface area contributed by atoms with Crippen molar-refractivity contribution >= 4 is 34.1 Å². The van der Waals surface area contributed by atoms with Gasteiger partial charge in [0.2, 0.25) is 5.91 Å². The van der Waals surface area contributed by atoms with Gasteiger partial charge < -0.3 is 15.8 Å². The van der Waals surface area contributed by atoms with E-state index in [2.05, 4.69) is 10.1 Å². The lowest BCUT2D eigenvalue weighted by atomic mass is 10.1. The number of carbonyl (C=O) groups is 2. The Hall–Kier alpha value is -1.64. The first-order chi connectivity index (χ1) is 10.8. The van der Waals surface area contributed by atoms with Gasteiger partial charge in [-0.1, -0.05) is 31.2 Å². The number of nitrogens with one attached hydrogen (secondary N) is 1. The summed E-state index contributed by atoms with van der Waals surface area (Å²) in [4.78, 5) is 22.7. The molecular weight excluding hydrogens is 356 g/mol. The molecule has 1 aromatic rings. The van der Waals surface area contributed by atoms with E-state index in [4.69, 9.17) is 5.73 Å². The van der Waals surface area contributed by atoms with Crippen LogP contribution in [-0.2, 0) is 36.5 Å². The molecule has 24 heavy (non-hydrogen) atoms. The quantitative estimate of drug-likeness (QED) is 0.633. The maximum absolute atomic E-state index is 11.8. The van der Waals surface area contributed by atoms with Gasteiger partial charge in [0, 0.05) is 19.0 Å². The Bertz CT molecular complexity index is 646. The average Bonchev–Trinajstić information content (AvgIpc) is 2.52. The van der Waals surface area contributed by atoms with Crippen LogP contribution in [0.4, 0.5) is 0 Å². The van der Waals surface area contributed by atoms with E-state index in [0.29, 0.717) is 12.1 Å². The molecule has 3 N–H and O–H groups in total. The van der Waals surface area contributed by atoms with E-state index in [1.807, 2.05) is 0 Å². The molecule has 0 aliphatic carbocycles. The second-order valence-corrected chi connectivity index (χ2v) is 7.34. The van der Waals surface area contributed by atoms with Crippen LogP contribution >= 0.6 is 12.4 Å². The largest absolute Gasteiger partial charge is 0.468 e. The number of esters is 1. The topological polar surface area (TPSA) is 116 Å². The average molecular weight is 379 g/mol. The zero-order chi connectivity index (χ0) is 17.5. The van der Waals surface area contributed by atoms with Crippen molar-refractivity contribution in [1.29, 1.82) is 0 Å². The van der Waals surface area contributed by atoms with Crippen LogP contribution in [0.15, 0.2) is 24.3 Å². The highest BCUT2D eigenvalue weighted by Gasteiger charge is 2.17. The number of methoxy groups -OCH3 is 1. The molecular formula is C15H23ClN2O5S. The zero-order valence-corrected chi connectivity index (χ0v) is 15.3. The summed E-state index contributed by atoms with van der Waals surface area (Å²) in [5.41, 5.74) is 6.83. The Morgan fingerprint density at radius 3 is 2.25 bits per heavy atom. The molecule has 0 saturated carbocycles. The van der Waals surface area contributed by atoms with Crippen LogP contribution in [0.1, 0.15) is 18.1 Å². The number of benzene rings is 1. The van der Waals surface area contributed by atoms with E-state index in [1.54, 1.807) is 31.2 Å². The van der Waals surface area contributed by atoms with Gasteiger partial charge in [-0.15, -0.1) is 12.4 Å². The number of sulfone groups is 1. The minimum absolute atomic E-state index is 0. The van der Waals surface area contributed by atoms with E-state index in [0.717, 1.165) is 12.7 Å². The third-order valence-corrected chi connectivity index (χ3v) is 4.69. The molecule has 0 radical (unpaired) electrons. The first kappa shape index (κ1) is 22.4. The predicted molar refractivity (Wildman–Crippen MR) is 93.3 cm³/mol. The molecule has 1 amide bonds. The summed E-state index contributed by atoms with van der Waals surface area (Å²) in [6, 6.07) is 6.78. The molecule has 1 atom stereocenters. The van der Waals surface area contributed by atoms with Crippen molar-refractivity contribution in [2.75, 3.05) is 19.4 Å². The summed E-state index contributed by atoms with van der Waals surface area (Å²) in [6.45, 7) is 2.37. The third-order valence-electron chi connectivity index (χ3n) is 3.24. The van der Waals surface area contributed by atoms with Crippen LogP contribution in [0.3, 0.4) is 0 Å². The third kappa shape index (κ3) is 7.76. The minimum Gasteiger partial charge on any atom is -0.468 e. The van der Waals surface area contributed by atoms with E-state index in [1.165, 1.54) is 0 Å².